The third-order valence-electron chi connectivity index (χ3n) is 4.64. The van der Waals surface area contributed by atoms with Gasteiger partial charge in [-0.25, -0.2) is 9.37 Å². The van der Waals surface area contributed by atoms with Crippen molar-refractivity contribution in [3.05, 3.63) is 75.1 Å². The number of aliphatic imine (C=N–C) groups is 2. The van der Waals surface area contributed by atoms with Crippen LogP contribution in [0.15, 0.2) is 58.3 Å². The predicted octanol–water partition coefficient (Wildman–Crippen LogP) is 5.35. The molecule has 2 aromatic rings. The van der Waals surface area contributed by atoms with E-state index in [0.717, 1.165) is 5.57 Å². The number of rotatable bonds is 9. The zero-order chi connectivity index (χ0) is 26.5. The van der Waals surface area contributed by atoms with Crippen LogP contribution in [0.4, 0.5) is 4.39 Å². The molecule has 1 unspecified atom stereocenters. The molecule has 2 amide bonds. The lowest BCUT2D eigenvalue weighted by molar-refractivity contribution is -0.115. The molecule has 7 nitrogen and oxygen atoms in total. The smallest absolute Gasteiger partial charge is 0.271 e. The van der Waals surface area contributed by atoms with Gasteiger partial charge in [-0.1, -0.05) is 38.1 Å². The Kier molecular flexibility index (Phi) is 12.4. The first kappa shape index (κ1) is 29.6. The lowest BCUT2D eigenvalue weighted by atomic mass is 10.1. The van der Waals surface area contributed by atoms with Gasteiger partial charge in [-0.15, -0.1) is 11.3 Å². The Morgan fingerprint density at radius 2 is 1.97 bits per heavy atom. The topological polar surface area (TPSA) is 95.8 Å². The molecule has 1 atom stereocenters. The first-order valence-electron chi connectivity index (χ1n) is 11.3. The van der Waals surface area contributed by atoms with E-state index >= 15 is 0 Å². The molecule has 0 aliphatic carbocycles. The molecule has 0 aliphatic heterocycles. The van der Waals surface area contributed by atoms with Gasteiger partial charge in [0, 0.05) is 31.6 Å². The Labute approximate surface area is 211 Å². The van der Waals surface area contributed by atoms with Crippen LogP contribution in [0, 0.1) is 12.7 Å². The van der Waals surface area contributed by atoms with E-state index in [1.807, 2.05) is 27.7 Å². The molecule has 0 saturated heterocycles. The molecule has 0 aliphatic rings. The number of nitrogens with zero attached hydrogens (tertiary/aromatic N) is 3. The third kappa shape index (κ3) is 8.68. The summed E-state index contributed by atoms with van der Waals surface area (Å²) in [6.07, 6.45) is 4.34. The van der Waals surface area contributed by atoms with Gasteiger partial charge < -0.3 is 10.6 Å². The minimum Gasteiger partial charge on any atom is -0.347 e. The molecule has 1 heterocycles. The number of hydrogen-bond donors (Lipinski definition) is 2. The normalized spacial score (nSPS) is 11.8. The van der Waals surface area contributed by atoms with Crippen LogP contribution in [0.3, 0.4) is 0 Å². The summed E-state index contributed by atoms with van der Waals surface area (Å²) in [6.45, 7) is 15.0. The summed E-state index contributed by atoms with van der Waals surface area (Å²) in [5, 5.41) is 6.18. The lowest BCUT2D eigenvalue weighted by Gasteiger charge is -2.14. The Morgan fingerprint density at radius 1 is 1.29 bits per heavy atom. The summed E-state index contributed by atoms with van der Waals surface area (Å²) in [4.78, 5) is 38.1. The van der Waals surface area contributed by atoms with Gasteiger partial charge in [0.1, 0.15) is 21.4 Å². The van der Waals surface area contributed by atoms with Crippen LogP contribution in [0.1, 0.15) is 66.5 Å². The van der Waals surface area contributed by atoms with Crippen molar-refractivity contribution in [2.24, 2.45) is 9.98 Å². The summed E-state index contributed by atoms with van der Waals surface area (Å²) >= 11 is 1.17. The van der Waals surface area contributed by atoms with Crippen molar-refractivity contribution < 1.29 is 14.0 Å². The number of aryl methyl sites for hydroxylation is 1. The standard InChI is InChI=1S/C24H28FN5O2S.C2H6/c1-7-27-21(18(12-26-6)14(2)3)23(32)30-16(5)24-29-13-20(33-24)22(31)28-11-17-9-8-15(4)19(25)10-17;1-2/h7-10,12-13,16H,1,11H2,2-6H3,(H,28,31)(H,30,32);1-2H3. The number of nitrogens with one attached hydrogen (secondary N) is 2. The Bertz CT molecular complexity index is 1130. The number of carbonyl (C=O) groups excluding carboxylic acids is 2. The fourth-order valence-corrected chi connectivity index (χ4v) is 3.67. The Hall–Kier alpha value is -3.46. The fourth-order valence-electron chi connectivity index (χ4n) is 2.83. The van der Waals surface area contributed by atoms with Crippen LogP contribution in [0.2, 0.25) is 0 Å². The molecule has 2 N–H and O–H groups in total. The van der Waals surface area contributed by atoms with Gasteiger partial charge in [-0.05, 0) is 44.9 Å². The van der Waals surface area contributed by atoms with Gasteiger partial charge in [0.25, 0.3) is 11.8 Å². The van der Waals surface area contributed by atoms with Gasteiger partial charge in [0.15, 0.2) is 0 Å². The maximum atomic E-state index is 13.7. The monoisotopic (exact) mass is 499 g/mol. The maximum absolute atomic E-state index is 13.7. The van der Waals surface area contributed by atoms with Crippen LogP contribution in [0.5, 0.6) is 0 Å². The van der Waals surface area contributed by atoms with Gasteiger partial charge >= 0.3 is 0 Å². The van der Waals surface area contributed by atoms with E-state index in [2.05, 4.69) is 32.2 Å². The van der Waals surface area contributed by atoms with E-state index in [4.69, 9.17) is 0 Å². The molecule has 188 valence electrons. The second-order valence-electron chi connectivity index (χ2n) is 7.49. The molecule has 2 rings (SSSR count). The van der Waals surface area contributed by atoms with Crippen LogP contribution < -0.4 is 10.6 Å². The Balaban J connectivity index is 0.00000298. The molecule has 1 aromatic carbocycles. The van der Waals surface area contributed by atoms with Gasteiger partial charge in [-0.2, -0.15) is 0 Å². The molecule has 0 fully saturated rings. The van der Waals surface area contributed by atoms with Crippen molar-refractivity contribution >= 4 is 35.1 Å². The van der Waals surface area contributed by atoms with Crippen LogP contribution in [-0.4, -0.2) is 35.8 Å². The second kappa shape index (κ2) is 14.7. The molecular formula is C26H34FN5O2S. The first-order chi connectivity index (χ1) is 16.7. The molecule has 0 bridgehead atoms. The van der Waals surface area contributed by atoms with E-state index in [0.29, 0.717) is 26.6 Å². The van der Waals surface area contributed by atoms with E-state index in [-0.39, 0.29) is 24.0 Å². The van der Waals surface area contributed by atoms with E-state index < -0.39 is 11.9 Å². The predicted molar refractivity (Wildman–Crippen MR) is 143 cm³/mol. The van der Waals surface area contributed by atoms with Crippen molar-refractivity contribution in [1.82, 2.24) is 15.6 Å². The van der Waals surface area contributed by atoms with Crippen LogP contribution in [0.25, 0.3) is 0 Å². The van der Waals surface area contributed by atoms with Gasteiger partial charge in [0.2, 0.25) is 0 Å². The highest BCUT2D eigenvalue weighted by atomic mass is 32.1. The minimum absolute atomic E-state index is 0.196. The SMILES string of the molecule is C=CN=C(C(=O)NC(C)c1ncc(C(=O)NCc2ccc(C)c(F)c2)s1)C(C=NC)=C(C)C.CC. The highest BCUT2D eigenvalue weighted by Crippen LogP contribution is 2.20. The van der Waals surface area contributed by atoms with E-state index in [1.165, 1.54) is 29.8 Å². The number of aromatic nitrogens is 1. The molecule has 0 radical (unpaired) electrons. The summed E-state index contributed by atoms with van der Waals surface area (Å²) in [7, 11) is 1.62. The highest BCUT2D eigenvalue weighted by Gasteiger charge is 2.21. The summed E-state index contributed by atoms with van der Waals surface area (Å²) in [6, 6.07) is 4.38. The van der Waals surface area contributed by atoms with Crippen molar-refractivity contribution in [3.63, 3.8) is 0 Å². The number of benzene rings is 1. The van der Waals surface area contributed by atoms with Crippen molar-refractivity contribution in [2.45, 2.75) is 54.1 Å². The summed E-state index contributed by atoms with van der Waals surface area (Å²) in [5.41, 5.74) is 2.89. The molecule has 35 heavy (non-hydrogen) atoms. The molecule has 9 heteroatoms. The van der Waals surface area contributed by atoms with Gasteiger partial charge in [-0.3, -0.25) is 19.6 Å². The number of hydrogen-bond acceptors (Lipinski definition) is 6. The maximum Gasteiger partial charge on any atom is 0.271 e. The number of allylic oxidation sites excluding steroid dienone is 1. The molecule has 1 aromatic heterocycles. The summed E-state index contributed by atoms with van der Waals surface area (Å²) in [5.74, 6) is -1.04. The fraction of sp³-hybridized carbons (Fsp3) is 0.346. The van der Waals surface area contributed by atoms with Gasteiger partial charge in [0.05, 0.1) is 12.2 Å². The largest absolute Gasteiger partial charge is 0.347 e. The zero-order valence-electron chi connectivity index (χ0n) is 21.4. The van der Waals surface area contributed by atoms with Crippen molar-refractivity contribution in [3.8, 4) is 0 Å². The van der Waals surface area contributed by atoms with Crippen LogP contribution in [-0.2, 0) is 11.3 Å². The third-order valence-corrected chi connectivity index (χ3v) is 5.82. The van der Waals surface area contributed by atoms with Crippen LogP contribution >= 0.6 is 11.3 Å². The number of thiazole rings is 1. The average Bonchev–Trinajstić information content (AvgIpc) is 3.33. The molecular weight excluding hydrogens is 465 g/mol. The van der Waals surface area contributed by atoms with E-state index in [9.17, 15) is 14.0 Å². The summed E-state index contributed by atoms with van der Waals surface area (Å²) < 4.78 is 13.7. The minimum atomic E-state index is -0.456. The number of amides is 2. The average molecular weight is 500 g/mol. The molecule has 0 spiro atoms. The first-order valence-corrected chi connectivity index (χ1v) is 12.1. The van der Waals surface area contributed by atoms with Crippen molar-refractivity contribution in [2.75, 3.05) is 7.05 Å². The quantitative estimate of drug-likeness (QED) is 0.456. The Morgan fingerprint density at radius 3 is 2.54 bits per heavy atom. The molecule has 0 saturated carbocycles. The number of carbonyl (C=O) groups is 2. The van der Waals surface area contributed by atoms with Crippen molar-refractivity contribution in [1.29, 1.82) is 0 Å². The van der Waals surface area contributed by atoms with E-state index in [1.54, 1.807) is 39.2 Å². The lowest BCUT2D eigenvalue weighted by Crippen LogP contribution is -2.34. The highest BCUT2D eigenvalue weighted by molar-refractivity contribution is 7.13. The zero-order valence-corrected chi connectivity index (χ0v) is 22.2. The second-order valence-corrected chi connectivity index (χ2v) is 8.55. The number of halogens is 1.